The molecule has 0 unspecified atom stereocenters. The molecule has 0 saturated carbocycles. The van der Waals surface area contributed by atoms with Crippen LogP contribution in [-0.2, 0) is 4.74 Å². The molecule has 3 nitrogen and oxygen atoms in total. The van der Waals surface area contributed by atoms with Gasteiger partial charge in [0.05, 0.1) is 13.2 Å². The number of hydrogen-bond donors (Lipinski definition) is 1. The van der Waals surface area contributed by atoms with Crippen LogP contribution >= 0.6 is 0 Å². The first-order valence-electron chi connectivity index (χ1n) is 5.44. The van der Waals surface area contributed by atoms with Crippen LogP contribution in [0.1, 0.15) is 13.3 Å². The predicted molar refractivity (Wildman–Crippen MR) is 52.8 cm³/mol. The fraction of sp³-hybridized carbons (Fsp3) is 1.00. The third-order valence-corrected chi connectivity index (χ3v) is 3.30. The number of rotatable bonds is 1. The van der Waals surface area contributed by atoms with Gasteiger partial charge < -0.3 is 10.1 Å². The van der Waals surface area contributed by atoms with Gasteiger partial charge in [0, 0.05) is 25.0 Å². The summed E-state index contributed by atoms with van der Waals surface area (Å²) in [7, 11) is 0. The summed E-state index contributed by atoms with van der Waals surface area (Å²) in [5.41, 5.74) is 0. The van der Waals surface area contributed by atoms with Crippen LogP contribution in [0.3, 0.4) is 0 Å². The Morgan fingerprint density at radius 1 is 1.54 bits per heavy atom. The Morgan fingerprint density at radius 2 is 2.46 bits per heavy atom. The minimum Gasteiger partial charge on any atom is -0.380 e. The molecule has 0 aromatic carbocycles. The molecule has 2 atom stereocenters. The van der Waals surface area contributed by atoms with E-state index in [4.69, 9.17) is 4.74 Å². The van der Waals surface area contributed by atoms with Crippen LogP contribution in [0.4, 0.5) is 0 Å². The molecular formula is C10H20N2O. The molecule has 1 N–H and O–H groups in total. The van der Waals surface area contributed by atoms with Gasteiger partial charge in [-0.2, -0.15) is 0 Å². The van der Waals surface area contributed by atoms with E-state index >= 15 is 0 Å². The first kappa shape index (κ1) is 9.44. The number of likely N-dealkylation sites (N-methyl/N-ethyl adjacent to an activating group) is 1. The van der Waals surface area contributed by atoms with E-state index in [9.17, 15) is 0 Å². The second-order valence-corrected chi connectivity index (χ2v) is 4.02. The van der Waals surface area contributed by atoms with Gasteiger partial charge in [0.15, 0.2) is 0 Å². The van der Waals surface area contributed by atoms with Gasteiger partial charge in [-0.05, 0) is 19.5 Å². The van der Waals surface area contributed by atoms with Crippen molar-refractivity contribution in [1.82, 2.24) is 10.2 Å². The quantitative estimate of drug-likeness (QED) is 0.635. The van der Waals surface area contributed by atoms with E-state index in [-0.39, 0.29) is 0 Å². The predicted octanol–water partition coefficient (Wildman–Crippen LogP) is 0.317. The normalized spacial score (nSPS) is 36.7. The Morgan fingerprint density at radius 3 is 3.31 bits per heavy atom. The SMILES string of the molecule is CCN1CCOC[C@H]2CNCC[C@@H]21. The van der Waals surface area contributed by atoms with Gasteiger partial charge >= 0.3 is 0 Å². The van der Waals surface area contributed by atoms with Crippen molar-refractivity contribution in [2.24, 2.45) is 5.92 Å². The Bertz CT molecular complexity index is 155. The molecule has 0 radical (unpaired) electrons. The summed E-state index contributed by atoms with van der Waals surface area (Å²) >= 11 is 0. The van der Waals surface area contributed by atoms with Gasteiger partial charge in [0.25, 0.3) is 0 Å². The number of fused-ring (bicyclic) bond motifs is 1. The van der Waals surface area contributed by atoms with Crippen LogP contribution in [0.25, 0.3) is 0 Å². The van der Waals surface area contributed by atoms with Crippen LogP contribution in [0.15, 0.2) is 0 Å². The van der Waals surface area contributed by atoms with E-state index < -0.39 is 0 Å². The monoisotopic (exact) mass is 184 g/mol. The molecule has 2 rings (SSSR count). The maximum absolute atomic E-state index is 5.61. The van der Waals surface area contributed by atoms with E-state index in [1.54, 1.807) is 0 Å². The fourth-order valence-electron chi connectivity index (χ4n) is 2.53. The van der Waals surface area contributed by atoms with Crippen LogP contribution in [-0.4, -0.2) is 50.3 Å². The van der Waals surface area contributed by atoms with Crippen molar-refractivity contribution in [2.45, 2.75) is 19.4 Å². The van der Waals surface area contributed by atoms with Gasteiger partial charge in [0.2, 0.25) is 0 Å². The third-order valence-electron chi connectivity index (χ3n) is 3.30. The Balaban J connectivity index is 2.02. The topological polar surface area (TPSA) is 24.5 Å². The lowest BCUT2D eigenvalue weighted by Crippen LogP contribution is -2.49. The summed E-state index contributed by atoms with van der Waals surface area (Å²) in [4.78, 5) is 2.58. The van der Waals surface area contributed by atoms with Crippen LogP contribution in [0.2, 0.25) is 0 Å². The molecule has 0 spiro atoms. The van der Waals surface area contributed by atoms with E-state index in [0.717, 1.165) is 38.3 Å². The average Bonchev–Trinajstić information content (AvgIpc) is 2.39. The van der Waals surface area contributed by atoms with Crippen molar-refractivity contribution in [3.05, 3.63) is 0 Å². The molecule has 0 bridgehead atoms. The van der Waals surface area contributed by atoms with E-state index in [1.165, 1.54) is 19.5 Å². The van der Waals surface area contributed by atoms with Crippen LogP contribution < -0.4 is 5.32 Å². The maximum atomic E-state index is 5.61. The molecule has 2 heterocycles. The molecule has 0 aromatic heterocycles. The van der Waals surface area contributed by atoms with E-state index in [1.807, 2.05) is 0 Å². The van der Waals surface area contributed by atoms with Crippen molar-refractivity contribution in [2.75, 3.05) is 39.4 Å². The summed E-state index contributed by atoms with van der Waals surface area (Å²) < 4.78 is 5.61. The first-order valence-corrected chi connectivity index (χ1v) is 5.44. The van der Waals surface area contributed by atoms with Crippen molar-refractivity contribution in [3.8, 4) is 0 Å². The molecule has 0 amide bonds. The number of nitrogens with one attached hydrogen (secondary N) is 1. The highest BCUT2D eigenvalue weighted by molar-refractivity contribution is 4.86. The molecule has 0 aromatic rings. The lowest BCUT2D eigenvalue weighted by molar-refractivity contribution is 0.103. The largest absolute Gasteiger partial charge is 0.380 e. The fourth-order valence-corrected chi connectivity index (χ4v) is 2.53. The second-order valence-electron chi connectivity index (χ2n) is 4.02. The van der Waals surface area contributed by atoms with Crippen LogP contribution in [0.5, 0.6) is 0 Å². The molecule has 2 saturated heterocycles. The molecule has 2 fully saturated rings. The van der Waals surface area contributed by atoms with Crippen molar-refractivity contribution in [3.63, 3.8) is 0 Å². The average molecular weight is 184 g/mol. The molecule has 0 aliphatic carbocycles. The van der Waals surface area contributed by atoms with Crippen molar-refractivity contribution < 1.29 is 4.74 Å². The summed E-state index contributed by atoms with van der Waals surface area (Å²) in [5.74, 6) is 0.719. The molecule has 2 aliphatic heterocycles. The molecule has 76 valence electrons. The standard InChI is InChI=1S/C10H20N2O/c1-2-12-5-6-13-8-9-7-11-4-3-10(9)12/h9-11H,2-8H2,1H3/t9-,10+/m1/s1. The summed E-state index contributed by atoms with van der Waals surface area (Å²) in [6.07, 6.45) is 1.29. The summed E-state index contributed by atoms with van der Waals surface area (Å²) in [6.45, 7) is 8.74. The second kappa shape index (κ2) is 4.40. The Hall–Kier alpha value is -0.120. The van der Waals surface area contributed by atoms with Gasteiger partial charge in [-0.3, -0.25) is 4.90 Å². The smallest absolute Gasteiger partial charge is 0.0593 e. The highest BCUT2D eigenvalue weighted by Crippen LogP contribution is 2.20. The third kappa shape index (κ3) is 2.03. The highest BCUT2D eigenvalue weighted by atomic mass is 16.5. The van der Waals surface area contributed by atoms with Gasteiger partial charge in [-0.1, -0.05) is 6.92 Å². The summed E-state index contributed by atoms with van der Waals surface area (Å²) in [6, 6.07) is 0.772. The molecule has 2 aliphatic rings. The highest BCUT2D eigenvalue weighted by Gasteiger charge is 2.31. The zero-order chi connectivity index (χ0) is 9.10. The Labute approximate surface area is 80.4 Å². The Kier molecular flexibility index (Phi) is 3.19. The van der Waals surface area contributed by atoms with Gasteiger partial charge in [0.1, 0.15) is 0 Å². The van der Waals surface area contributed by atoms with Crippen LogP contribution in [0, 0.1) is 5.92 Å². The number of hydrogen-bond acceptors (Lipinski definition) is 3. The number of piperidine rings is 1. The van der Waals surface area contributed by atoms with Gasteiger partial charge in [-0.15, -0.1) is 0 Å². The number of nitrogens with zero attached hydrogens (tertiary/aromatic N) is 1. The van der Waals surface area contributed by atoms with Crippen molar-refractivity contribution >= 4 is 0 Å². The minimum absolute atomic E-state index is 0.719. The number of ether oxygens (including phenoxy) is 1. The maximum Gasteiger partial charge on any atom is 0.0593 e. The summed E-state index contributed by atoms with van der Waals surface area (Å²) in [5, 5.41) is 3.45. The zero-order valence-electron chi connectivity index (χ0n) is 8.46. The molecular weight excluding hydrogens is 164 g/mol. The van der Waals surface area contributed by atoms with E-state index in [0.29, 0.717) is 0 Å². The lowest BCUT2D eigenvalue weighted by atomic mass is 9.93. The van der Waals surface area contributed by atoms with Crippen molar-refractivity contribution in [1.29, 1.82) is 0 Å². The zero-order valence-corrected chi connectivity index (χ0v) is 8.46. The molecule has 3 heteroatoms. The molecule has 13 heavy (non-hydrogen) atoms. The first-order chi connectivity index (χ1) is 6.42. The minimum atomic E-state index is 0.719. The van der Waals surface area contributed by atoms with Gasteiger partial charge in [-0.25, -0.2) is 0 Å². The van der Waals surface area contributed by atoms with E-state index in [2.05, 4.69) is 17.1 Å². The lowest BCUT2D eigenvalue weighted by Gasteiger charge is -2.37.